The minimum atomic E-state index is -0.412. The maximum absolute atomic E-state index is 10.2. The van der Waals surface area contributed by atoms with E-state index >= 15 is 0 Å². The SMILES string of the molecule is Cc1cc(C)n(-c2ccc(CSCC(O)c3ccccc3)cc2)n1. The van der Waals surface area contributed by atoms with Crippen LogP contribution in [0.3, 0.4) is 0 Å². The molecule has 0 aliphatic carbocycles. The lowest BCUT2D eigenvalue weighted by atomic mass is 10.1. The van der Waals surface area contributed by atoms with Crippen LogP contribution in [0.5, 0.6) is 0 Å². The Balaban J connectivity index is 1.56. The summed E-state index contributed by atoms with van der Waals surface area (Å²) in [4.78, 5) is 0. The third kappa shape index (κ3) is 4.08. The van der Waals surface area contributed by atoms with Gasteiger partial charge in [0.2, 0.25) is 0 Å². The number of aliphatic hydroxyl groups excluding tert-OH is 1. The average molecular weight is 338 g/mol. The molecule has 0 aliphatic rings. The van der Waals surface area contributed by atoms with Gasteiger partial charge in [0.05, 0.1) is 17.5 Å². The molecule has 3 rings (SSSR count). The summed E-state index contributed by atoms with van der Waals surface area (Å²) >= 11 is 1.75. The Morgan fingerprint density at radius 1 is 1.04 bits per heavy atom. The highest BCUT2D eigenvalue weighted by Crippen LogP contribution is 2.22. The Hall–Kier alpha value is -2.04. The first-order valence-corrected chi connectivity index (χ1v) is 9.22. The van der Waals surface area contributed by atoms with E-state index in [2.05, 4.69) is 42.4 Å². The molecule has 1 N–H and O–H groups in total. The third-order valence-corrected chi connectivity index (χ3v) is 5.01. The van der Waals surface area contributed by atoms with Crippen LogP contribution < -0.4 is 0 Å². The van der Waals surface area contributed by atoms with Crippen LogP contribution in [0, 0.1) is 13.8 Å². The number of hydrogen-bond donors (Lipinski definition) is 1. The summed E-state index contributed by atoms with van der Waals surface area (Å²) in [5.74, 6) is 1.59. The minimum absolute atomic E-state index is 0.412. The zero-order valence-electron chi connectivity index (χ0n) is 14.0. The van der Waals surface area contributed by atoms with Gasteiger partial charge in [-0.1, -0.05) is 42.5 Å². The lowest BCUT2D eigenvalue weighted by molar-refractivity contribution is 0.204. The van der Waals surface area contributed by atoms with Crippen molar-refractivity contribution in [2.75, 3.05) is 5.75 Å². The molecule has 0 fully saturated rings. The fourth-order valence-corrected chi connectivity index (χ4v) is 3.65. The third-order valence-electron chi connectivity index (χ3n) is 3.92. The fraction of sp³-hybridized carbons (Fsp3) is 0.250. The number of aliphatic hydroxyl groups is 1. The summed E-state index contributed by atoms with van der Waals surface area (Å²) in [6.07, 6.45) is -0.412. The highest BCUT2D eigenvalue weighted by atomic mass is 32.2. The molecule has 0 aliphatic heterocycles. The second-order valence-corrected chi connectivity index (χ2v) is 6.98. The number of benzene rings is 2. The van der Waals surface area contributed by atoms with Crippen LogP contribution in [-0.2, 0) is 5.75 Å². The molecule has 0 radical (unpaired) electrons. The van der Waals surface area contributed by atoms with Crippen LogP contribution in [0.1, 0.15) is 28.6 Å². The van der Waals surface area contributed by atoms with Crippen molar-refractivity contribution in [2.24, 2.45) is 0 Å². The number of aryl methyl sites for hydroxylation is 2. The van der Waals surface area contributed by atoms with Crippen LogP contribution in [0.2, 0.25) is 0 Å². The Labute approximate surface area is 147 Å². The first-order chi connectivity index (χ1) is 11.6. The molecule has 0 spiro atoms. The maximum Gasteiger partial charge on any atom is 0.0880 e. The lowest BCUT2D eigenvalue weighted by Crippen LogP contribution is -2.01. The molecule has 0 saturated heterocycles. The highest BCUT2D eigenvalue weighted by molar-refractivity contribution is 7.98. The van der Waals surface area contributed by atoms with Crippen LogP contribution in [0.25, 0.3) is 5.69 Å². The molecule has 3 aromatic rings. The molecule has 124 valence electrons. The van der Waals surface area contributed by atoms with Gasteiger partial charge in [0.15, 0.2) is 0 Å². The lowest BCUT2D eigenvalue weighted by Gasteiger charge is -2.11. The molecule has 1 heterocycles. The molecule has 1 unspecified atom stereocenters. The van der Waals surface area contributed by atoms with Crippen molar-refractivity contribution in [2.45, 2.75) is 25.7 Å². The van der Waals surface area contributed by atoms with Gasteiger partial charge in [0.25, 0.3) is 0 Å². The van der Waals surface area contributed by atoms with Crippen molar-refractivity contribution in [3.05, 3.63) is 83.2 Å². The van der Waals surface area contributed by atoms with E-state index in [1.54, 1.807) is 11.8 Å². The molecule has 24 heavy (non-hydrogen) atoms. The fourth-order valence-electron chi connectivity index (χ4n) is 2.68. The number of nitrogens with zero attached hydrogens (tertiary/aromatic N) is 2. The normalized spacial score (nSPS) is 12.3. The first-order valence-electron chi connectivity index (χ1n) is 8.07. The molecule has 4 heteroatoms. The van der Waals surface area contributed by atoms with Gasteiger partial charge in [-0.3, -0.25) is 0 Å². The molecule has 0 bridgehead atoms. The van der Waals surface area contributed by atoms with E-state index in [-0.39, 0.29) is 0 Å². The second-order valence-electron chi connectivity index (χ2n) is 5.95. The Bertz CT molecular complexity index is 781. The van der Waals surface area contributed by atoms with Crippen molar-refractivity contribution in [1.29, 1.82) is 0 Å². The summed E-state index contributed by atoms with van der Waals surface area (Å²) in [7, 11) is 0. The van der Waals surface area contributed by atoms with Gasteiger partial charge < -0.3 is 5.11 Å². The first kappa shape index (κ1) is 16.8. The van der Waals surface area contributed by atoms with Crippen LogP contribution in [0.4, 0.5) is 0 Å². The molecular formula is C20H22N2OS. The second kappa shape index (κ2) is 7.69. The van der Waals surface area contributed by atoms with Crippen LogP contribution >= 0.6 is 11.8 Å². The summed E-state index contributed by atoms with van der Waals surface area (Å²) < 4.78 is 1.96. The number of rotatable bonds is 6. The van der Waals surface area contributed by atoms with E-state index in [1.165, 1.54) is 5.56 Å². The predicted molar refractivity (Wildman–Crippen MR) is 101 cm³/mol. The quantitative estimate of drug-likeness (QED) is 0.721. The molecule has 1 atom stereocenters. The summed E-state index contributed by atoms with van der Waals surface area (Å²) in [5.41, 5.74) is 5.48. The van der Waals surface area contributed by atoms with E-state index < -0.39 is 6.10 Å². The number of aromatic nitrogens is 2. The molecule has 2 aromatic carbocycles. The molecule has 0 saturated carbocycles. The van der Waals surface area contributed by atoms with Gasteiger partial charge in [0.1, 0.15) is 0 Å². The molecule has 3 nitrogen and oxygen atoms in total. The zero-order chi connectivity index (χ0) is 16.9. The van der Waals surface area contributed by atoms with Crippen LogP contribution in [-0.4, -0.2) is 20.6 Å². The molecular weight excluding hydrogens is 316 g/mol. The van der Waals surface area contributed by atoms with Gasteiger partial charge in [-0.2, -0.15) is 16.9 Å². The Morgan fingerprint density at radius 2 is 1.75 bits per heavy atom. The van der Waals surface area contributed by atoms with E-state index in [9.17, 15) is 5.11 Å². The molecule has 0 amide bonds. The summed E-state index contributed by atoms with van der Waals surface area (Å²) in [6.45, 7) is 4.07. The standard InChI is InChI=1S/C20H22N2OS/c1-15-12-16(2)22(21-15)19-10-8-17(9-11-19)13-24-14-20(23)18-6-4-3-5-7-18/h3-12,20,23H,13-14H2,1-2H3. The van der Waals surface area contributed by atoms with Crippen molar-refractivity contribution in [3.8, 4) is 5.69 Å². The van der Waals surface area contributed by atoms with Crippen molar-refractivity contribution in [1.82, 2.24) is 9.78 Å². The van der Waals surface area contributed by atoms with Gasteiger partial charge in [0, 0.05) is 17.2 Å². The van der Waals surface area contributed by atoms with Crippen molar-refractivity contribution < 1.29 is 5.11 Å². The average Bonchev–Trinajstić information content (AvgIpc) is 2.94. The summed E-state index contributed by atoms with van der Waals surface area (Å²) in [5, 5.41) is 14.7. The van der Waals surface area contributed by atoms with Gasteiger partial charge >= 0.3 is 0 Å². The number of thioether (sulfide) groups is 1. The topological polar surface area (TPSA) is 38.0 Å². The highest BCUT2D eigenvalue weighted by Gasteiger charge is 2.07. The zero-order valence-corrected chi connectivity index (χ0v) is 14.8. The number of hydrogen-bond acceptors (Lipinski definition) is 3. The monoisotopic (exact) mass is 338 g/mol. The minimum Gasteiger partial charge on any atom is -0.388 e. The van der Waals surface area contributed by atoms with E-state index in [0.717, 1.165) is 28.4 Å². The van der Waals surface area contributed by atoms with E-state index in [0.29, 0.717) is 5.75 Å². The Morgan fingerprint density at radius 3 is 2.38 bits per heavy atom. The van der Waals surface area contributed by atoms with Gasteiger partial charge in [-0.15, -0.1) is 0 Å². The van der Waals surface area contributed by atoms with Crippen molar-refractivity contribution >= 4 is 11.8 Å². The van der Waals surface area contributed by atoms with E-state index in [1.807, 2.05) is 41.9 Å². The maximum atomic E-state index is 10.2. The summed E-state index contributed by atoms with van der Waals surface area (Å²) in [6, 6.07) is 20.4. The van der Waals surface area contributed by atoms with Crippen molar-refractivity contribution in [3.63, 3.8) is 0 Å². The van der Waals surface area contributed by atoms with E-state index in [4.69, 9.17) is 0 Å². The smallest absolute Gasteiger partial charge is 0.0880 e. The predicted octanol–water partition coefficient (Wildman–Crippen LogP) is 4.46. The largest absolute Gasteiger partial charge is 0.388 e. The van der Waals surface area contributed by atoms with Gasteiger partial charge in [-0.05, 0) is 43.2 Å². The van der Waals surface area contributed by atoms with Crippen LogP contribution in [0.15, 0.2) is 60.7 Å². The van der Waals surface area contributed by atoms with Gasteiger partial charge in [-0.25, -0.2) is 4.68 Å². The molecule has 1 aromatic heterocycles. The Kier molecular flexibility index (Phi) is 5.38.